The van der Waals surface area contributed by atoms with Crippen molar-refractivity contribution in [1.82, 2.24) is 4.98 Å². The van der Waals surface area contributed by atoms with Crippen LogP contribution in [0.1, 0.15) is 62.8 Å². The first-order valence-electron chi connectivity index (χ1n) is 8.97. The summed E-state index contributed by atoms with van der Waals surface area (Å²) in [7, 11) is 0. The number of nitrogens with one attached hydrogen (secondary N) is 2. The van der Waals surface area contributed by atoms with E-state index in [1.807, 2.05) is 18.2 Å². The van der Waals surface area contributed by atoms with Crippen molar-refractivity contribution in [1.29, 1.82) is 10.8 Å². The highest BCUT2D eigenvalue weighted by Crippen LogP contribution is 2.16. The van der Waals surface area contributed by atoms with Crippen LogP contribution in [0.4, 0.5) is 0 Å². The molecule has 0 spiro atoms. The third-order valence-electron chi connectivity index (χ3n) is 4.31. The van der Waals surface area contributed by atoms with Crippen molar-refractivity contribution in [3.05, 3.63) is 41.4 Å². The molecule has 6 N–H and O–H groups in total. The Morgan fingerprint density at radius 2 is 1.68 bits per heavy atom. The predicted octanol–water partition coefficient (Wildman–Crippen LogP) is 3.30. The Morgan fingerprint density at radius 1 is 0.960 bits per heavy atom. The molecule has 1 aliphatic rings. The molecule has 0 amide bonds. The van der Waals surface area contributed by atoms with Crippen LogP contribution in [-0.4, -0.2) is 22.4 Å². The number of allylic oxidation sites excluding steroid dienone is 1. The first-order valence-corrected chi connectivity index (χ1v) is 8.97. The summed E-state index contributed by atoms with van der Waals surface area (Å²) in [6, 6.07) is 5.67. The molecule has 6 heteroatoms. The number of rotatable bonds is 10. The highest BCUT2D eigenvalue weighted by molar-refractivity contribution is 5.99. The van der Waals surface area contributed by atoms with Crippen LogP contribution in [0.2, 0.25) is 0 Å². The van der Waals surface area contributed by atoms with Gasteiger partial charge in [-0.3, -0.25) is 15.8 Å². The number of hydrogen-bond donors (Lipinski definition) is 4. The van der Waals surface area contributed by atoms with Gasteiger partial charge in [0, 0.05) is 11.4 Å². The zero-order chi connectivity index (χ0) is 18.1. The van der Waals surface area contributed by atoms with Crippen molar-refractivity contribution in [3.8, 4) is 0 Å². The number of pyridine rings is 1. The van der Waals surface area contributed by atoms with Crippen LogP contribution in [0.25, 0.3) is 0 Å². The summed E-state index contributed by atoms with van der Waals surface area (Å²) >= 11 is 0. The highest BCUT2D eigenvalue weighted by atomic mass is 14.9. The summed E-state index contributed by atoms with van der Waals surface area (Å²) in [6.07, 6.45) is 11.6. The van der Waals surface area contributed by atoms with Gasteiger partial charge in [-0.2, -0.15) is 0 Å². The molecule has 1 aromatic heterocycles. The highest BCUT2D eigenvalue weighted by Gasteiger charge is 2.09. The number of aryl methyl sites for hydroxylation is 1. The van der Waals surface area contributed by atoms with Gasteiger partial charge < -0.3 is 11.5 Å². The SMILES string of the molecule is N=C(N)C1=CCCC(CCCCCCCc2cccc(C(=N)N)n2)=N1. The third-order valence-corrected chi connectivity index (χ3v) is 4.31. The van der Waals surface area contributed by atoms with Gasteiger partial charge in [0.2, 0.25) is 0 Å². The van der Waals surface area contributed by atoms with Crippen molar-refractivity contribution in [2.45, 2.75) is 57.8 Å². The summed E-state index contributed by atoms with van der Waals surface area (Å²) < 4.78 is 0. The van der Waals surface area contributed by atoms with Crippen molar-refractivity contribution < 1.29 is 0 Å². The van der Waals surface area contributed by atoms with E-state index >= 15 is 0 Å². The second-order valence-corrected chi connectivity index (χ2v) is 6.42. The molecule has 0 unspecified atom stereocenters. The Bertz CT molecular complexity index is 674. The van der Waals surface area contributed by atoms with Crippen LogP contribution < -0.4 is 11.5 Å². The molecule has 0 radical (unpaired) electrons. The average molecular weight is 340 g/mol. The molecule has 0 atom stereocenters. The fourth-order valence-corrected chi connectivity index (χ4v) is 2.93. The zero-order valence-corrected chi connectivity index (χ0v) is 14.7. The number of nitrogen functional groups attached to an aromatic ring is 1. The lowest BCUT2D eigenvalue weighted by atomic mass is 10.0. The van der Waals surface area contributed by atoms with E-state index in [2.05, 4.69) is 9.98 Å². The second kappa shape index (κ2) is 9.71. The summed E-state index contributed by atoms with van der Waals surface area (Å²) in [5, 5.41) is 14.9. The minimum atomic E-state index is 0.0234. The van der Waals surface area contributed by atoms with Gasteiger partial charge in [-0.1, -0.05) is 31.4 Å². The van der Waals surface area contributed by atoms with E-state index < -0.39 is 0 Å². The number of nitrogens with zero attached hydrogens (tertiary/aromatic N) is 2. The first kappa shape index (κ1) is 18.8. The number of amidine groups is 2. The fourth-order valence-electron chi connectivity index (χ4n) is 2.93. The topological polar surface area (TPSA) is 125 Å². The van der Waals surface area contributed by atoms with Crippen molar-refractivity contribution in [2.75, 3.05) is 0 Å². The molecule has 0 bridgehead atoms. The lowest BCUT2D eigenvalue weighted by molar-refractivity contribution is 0.617. The monoisotopic (exact) mass is 340 g/mol. The molecule has 0 saturated heterocycles. The van der Waals surface area contributed by atoms with Gasteiger partial charge in [-0.25, -0.2) is 4.98 Å². The standard InChI is InChI=1S/C19H28N6/c20-18(21)16-12-6-10-14(24-16)8-4-2-1-3-5-9-15-11-7-13-17(25-15)19(22)23/h6,10,12-13H,1-5,7-9,11H2,(H3,20,21)(H3,22,23). The minimum absolute atomic E-state index is 0.0234. The Balaban J connectivity index is 1.60. The van der Waals surface area contributed by atoms with E-state index in [1.165, 1.54) is 25.0 Å². The van der Waals surface area contributed by atoms with Gasteiger partial charge in [0.1, 0.15) is 23.1 Å². The van der Waals surface area contributed by atoms with Gasteiger partial charge in [-0.15, -0.1) is 0 Å². The maximum absolute atomic E-state index is 7.45. The Kier molecular flexibility index (Phi) is 7.32. The maximum Gasteiger partial charge on any atom is 0.141 e. The van der Waals surface area contributed by atoms with Crippen LogP contribution in [0, 0.1) is 10.8 Å². The lowest BCUT2D eigenvalue weighted by Crippen LogP contribution is -2.15. The first-order chi connectivity index (χ1) is 12.1. The van der Waals surface area contributed by atoms with Gasteiger partial charge in [-0.05, 0) is 50.7 Å². The van der Waals surface area contributed by atoms with E-state index in [-0.39, 0.29) is 11.7 Å². The Morgan fingerprint density at radius 3 is 2.40 bits per heavy atom. The second-order valence-electron chi connectivity index (χ2n) is 6.42. The Hall–Kier alpha value is -2.50. The van der Waals surface area contributed by atoms with Gasteiger partial charge in [0.25, 0.3) is 0 Å². The van der Waals surface area contributed by atoms with Crippen molar-refractivity contribution in [3.63, 3.8) is 0 Å². The normalized spacial score (nSPS) is 13.9. The third kappa shape index (κ3) is 6.49. The van der Waals surface area contributed by atoms with E-state index in [1.54, 1.807) is 6.07 Å². The molecule has 0 saturated carbocycles. The van der Waals surface area contributed by atoms with Crippen molar-refractivity contribution >= 4 is 17.4 Å². The van der Waals surface area contributed by atoms with Gasteiger partial charge >= 0.3 is 0 Å². The maximum atomic E-state index is 7.45. The molecule has 6 nitrogen and oxygen atoms in total. The summed E-state index contributed by atoms with van der Waals surface area (Å²) in [6.45, 7) is 0. The van der Waals surface area contributed by atoms with Crippen LogP contribution >= 0.6 is 0 Å². The van der Waals surface area contributed by atoms with Crippen LogP contribution in [0.15, 0.2) is 35.0 Å². The van der Waals surface area contributed by atoms with Crippen LogP contribution in [0.5, 0.6) is 0 Å². The van der Waals surface area contributed by atoms with E-state index in [0.29, 0.717) is 11.4 Å². The van der Waals surface area contributed by atoms with Crippen LogP contribution in [-0.2, 0) is 6.42 Å². The molecular weight excluding hydrogens is 312 g/mol. The molecule has 1 aromatic rings. The minimum Gasteiger partial charge on any atom is -0.382 e. The molecule has 2 rings (SSSR count). The number of hydrogen-bond acceptors (Lipinski definition) is 4. The lowest BCUT2D eigenvalue weighted by Gasteiger charge is -2.12. The fraction of sp³-hybridized carbons (Fsp3) is 0.474. The predicted molar refractivity (Wildman–Crippen MR) is 103 cm³/mol. The van der Waals surface area contributed by atoms with Gasteiger partial charge in [0.15, 0.2) is 0 Å². The molecule has 134 valence electrons. The quantitative estimate of drug-likeness (QED) is 0.296. The number of unbranched alkanes of at least 4 members (excludes halogenated alkanes) is 4. The Labute approximate surface area is 149 Å². The molecule has 0 aromatic carbocycles. The molecule has 0 fully saturated rings. The molecule has 0 aliphatic carbocycles. The number of nitrogens with two attached hydrogens (primary N) is 2. The van der Waals surface area contributed by atoms with Crippen molar-refractivity contribution in [2.24, 2.45) is 16.5 Å². The zero-order valence-electron chi connectivity index (χ0n) is 14.7. The number of aliphatic imine (C=N–C) groups is 1. The van der Waals surface area contributed by atoms with E-state index in [4.69, 9.17) is 22.3 Å². The van der Waals surface area contributed by atoms with Gasteiger partial charge in [0.05, 0.1) is 0 Å². The molecule has 1 aliphatic heterocycles. The molecular formula is C19H28N6. The van der Waals surface area contributed by atoms with Crippen LogP contribution in [0.3, 0.4) is 0 Å². The smallest absolute Gasteiger partial charge is 0.141 e. The molecule has 25 heavy (non-hydrogen) atoms. The summed E-state index contributed by atoms with van der Waals surface area (Å²) in [5.74, 6) is 0.0925. The summed E-state index contributed by atoms with van der Waals surface area (Å²) in [5.41, 5.74) is 14.4. The van der Waals surface area contributed by atoms with E-state index in [0.717, 1.165) is 44.2 Å². The number of aromatic nitrogens is 1. The average Bonchev–Trinajstić information content (AvgIpc) is 2.61. The molecule has 2 heterocycles. The largest absolute Gasteiger partial charge is 0.382 e. The van der Waals surface area contributed by atoms with E-state index in [9.17, 15) is 0 Å². The summed E-state index contributed by atoms with van der Waals surface area (Å²) in [4.78, 5) is 8.86.